The predicted molar refractivity (Wildman–Crippen MR) is 135 cm³/mol. The second-order valence-electron chi connectivity index (χ2n) is 9.70. The molecule has 5 heteroatoms. The average Bonchev–Trinajstić information content (AvgIpc) is 2.75. The second kappa shape index (κ2) is 11.6. The van der Waals surface area contributed by atoms with Crippen LogP contribution in [-0.2, 0) is 22.3 Å². The fraction of sp³-hybridized carbons (Fsp3) is 0.444. The first-order chi connectivity index (χ1) is 15.1. The molecule has 2 aromatic rings. The summed E-state index contributed by atoms with van der Waals surface area (Å²) in [6.07, 6.45) is -0.908. The van der Waals surface area contributed by atoms with Gasteiger partial charge in [-0.3, -0.25) is 4.90 Å². The van der Waals surface area contributed by atoms with Crippen LogP contribution in [0.25, 0.3) is 0 Å². The Kier molecular flexibility index (Phi) is 9.50. The van der Waals surface area contributed by atoms with E-state index in [1.807, 2.05) is 36.4 Å². The van der Waals surface area contributed by atoms with Crippen LogP contribution in [0.15, 0.2) is 78.7 Å². The van der Waals surface area contributed by atoms with Gasteiger partial charge in [0.05, 0.1) is 19.8 Å². The highest BCUT2D eigenvalue weighted by molar-refractivity contribution is 6.74. The molecule has 2 atom stereocenters. The van der Waals surface area contributed by atoms with E-state index in [4.69, 9.17) is 9.16 Å². The number of aliphatic hydroxyl groups is 1. The molecule has 0 aromatic heterocycles. The first-order valence-corrected chi connectivity index (χ1v) is 14.1. The summed E-state index contributed by atoms with van der Waals surface area (Å²) in [6, 6.07) is 20.3. The molecule has 0 heterocycles. The van der Waals surface area contributed by atoms with Gasteiger partial charge in [-0.25, -0.2) is 0 Å². The number of hydrogen-bond acceptors (Lipinski definition) is 4. The topological polar surface area (TPSA) is 41.9 Å². The molecule has 0 saturated heterocycles. The number of methoxy groups -OCH3 is 1. The number of rotatable bonds is 11. The summed E-state index contributed by atoms with van der Waals surface area (Å²) in [4.78, 5) is 2.26. The van der Waals surface area contributed by atoms with E-state index >= 15 is 0 Å². The summed E-state index contributed by atoms with van der Waals surface area (Å²) >= 11 is 0. The van der Waals surface area contributed by atoms with E-state index < -0.39 is 14.4 Å². The Morgan fingerprint density at radius 1 is 1.00 bits per heavy atom. The molecule has 32 heavy (non-hydrogen) atoms. The molecule has 4 nitrogen and oxygen atoms in total. The number of hydrogen-bond donors (Lipinski definition) is 1. The van der Waals surface area contributed by atoms with Crippen LogP contribution in [0.3, 0.4) is 0 Å². The van der Waals surface area contributed by atoms with Crippen molar-refractivity contribution in [3.8, 4) is 0 Å². The molecule has 0 bridgehead atoms. The van der Waals surface area contributed by atoms with Gasteiger partial charge in [0, 0.05) is 13.1 Å². The molecule has 2 rings (SSSR count). The van der Waals surface area contributed by atoms with Gasteiger partial charge in [-0.05, 0) is 29.3 Å². The Labute approximate surface area is 195 Å². The van der Waals surface area contributed by atoms with Gasteiger partial charge in [-0.1, -0.05) is 93.7 Å². The van der Waals surface area contributed by atoms with Crippen molar-refractivity contribution < 1.29 is 14.3 Å². The zero-order valence-corrected chi connectivity index (χ0v) is 21.5. The van der Waals surface area contributed by atoms with Crippen molar-refractivity contribution in [2.24, 2.45) is 0 Å². The van der Waals surface area contributed by atoms with Gasteiger partial charge in [0.25, 0.3) is 0 Å². The maximum Gasteiger partial charge on any atom is 0.192 e. The summed E-state index contributed by atoms with van der Waals surface area (Å²) in [6.45, 7) is 16.6. The third kappa shape index (κ3) is 7.19. The van der Waals surface area contributed by atoms with Crippen molar-refractivity contribution in [1.29, 1.82) is 0 Å². The fourth-order valence-electron chi connectivity index (χ4n) is 3.30. The van der Waals surface area contributed by atoms with Gasteiger partial charge in [-0.2, -0.15) is 0 Å². The van der Waals surface area contributed by atoms with E-state index in [9.17, 15) is 5.11 Å². The highest BCUT2D eigenvalue weighted by atomic mass is 28.4. The Balaban J connectivity index is 2.42. The fourth-order valence-corrected chi connectivity index (χ4v) is 4.33. The summed E-state index contributed by atoms with van der Waals surface area (Å²) in [5.74, 6) is 0.333. The highest BCUT2D eigenvalue weighted by Crippen LogP contribution is 2.37. The zero-order valence-electron chi connectivity index (χ0n) is 20.5. The number of benzene rings is 2. The minimum absolute atomic E-state index is 0.0740. The maximum absolute atomic E-state index is 11.3. The molecule has 174 valence electrons. The summed E-state index contributed by atoms with van der Waals surface area (Å²) in [5.41, 5.74) is 5.12. The van der Waals surface area contributed by atoms with Crippen molar-refractivity contribution in [2.75, 3.05) is 13.7 Å². The van der Waals surface area contributed by atoms with Crippen LogP contribution >= 0.6 is 0 Å². The van der Waals surface area contributed by atoms with Crippen molar-refractivity contribution in [2.45, 2.75) is 64.1 Å². The van der Waals surface area contributed by atoms with Gasteiger partial charge in [0.15, 0.2) is 14.1 Å². The van der Waals surface area contributed by atoms with Crippen molar-refractivity contribution >= 4 is 8.32 Å². The Morgan fingerprint density at radius 3 is 1.84 bits per heavy atom. The zero-order chi connectivity index (χ0) is 23.8. The normalized spacial score (nSPS) is 14.0. The lowest BCUT2D eigenvalue weighted by Crippen LogP contribution is -2.51. The highest BCUT2D eigenvalue weighted by Gasteiger charge is 2.39. The third-order valence-electron chi connectivity index (χ3n) is 6.37. The average molecular weight is 454 g/mol. The van der Waals surface area contributed by atoms with E-state index in [2.05, 4.69) is 75.3 Å². The van der Waals surface area contributed by atoms with E-state index in [-0.39, 0.29) is 11.1 Å². The summed E-state index contributed by atoms with van der Waals surface area (Å²) < 4.78 is 12.0. The molecule has 0 spiro atoms. The second-order valence-corrected chi connectivity index (χ2v) is 14.5. The van der Waals surface area contributed by atoms with E-state index in [0.717, 1.165) is 0 Å². The van der Waals surface area contributed by atoms with Gasteiger partial charge < -0.3 is 14.3 Å². The molecule has 2 aromatic carbocycles. The molecular formula is C27H39NO3Si. The Hall–Kier alpha value is -2.14. The molecule has 0 unspecified atom stereocenters. The number of ether oxygens (including phenoxy) is 1. The lowest BCUT2D eigenvalue weighted by atomic mass is 10.1. The molecule has 0 radical (unpaired) electrons. The molecule has 0 aliphatic heterocycles. The standard InChI is InChI=1S/C27H39NO3Si/c1-8-25(30-5)26(29)24(21-31-32(6,7)27(2,3)4)28(19-22-15-11-9-12-16-22)20-23-17-13-10-14-18-23/h9-18,24,26,29H,1,19-21H2,2-7H3/t24-,26+/m0/s1. The van der Waals surface area contributed by atoms with Crippen LogP contribution < -0.4 is 0 Å². The van der Waals surface area contributed by atoms with Crippen LogP contribution in [0, 0.1) is 0 Å². The Bertz CT molecular complexity index is 829. The van der Waals surface area contributed by atoms with E-state index in [1.165, 1.54) is 11.1 Å². The SMILES string of the molecule is C=C=C(OC)[C@H](O)[C@H](CO[Si](C)(C)C(C)(C)C)N(Cc1ccccc1)Cc1ccccc1. The summed E-state index contributed by atoms with van der Waals surface area (Å²) in [7, 11) is -0.480. The minimum atomic E-state index is -2.02. The van der Waals surface area contributed by atoms with Crippen LogP contribution in [-0.4, -0.2) is 44.2 Å². The largest absolute Gasteiger partial charge is 0.490 e. The smallest absolute Gasteiger partial charge is 0.192 e. The minimum Gasteiger partial charge on any atom is -0.490 e. The van der Waals surface area contributed by atoms with Gasteiger partial charge >= 0.3 is 0 Å². The molecule has 0 aliphatic carbocycles. The molecule has 0 amide bonds. The van der Waals surface area contributed by atoms with Crippen LogP contribution in [0.5, 0.6) is 0 Å². The van der Waals surface area contributed by atoms with Crippen LogP contribution in [0.1, 0.15) is 31.9 Å². The first kappa shape index (κ1) is 26.1. The van der Waals surface area contributed by atoms with Gasteiger partial charge in [0.1, 0.15) is 6.10 Å². The summed E-state index contributed by atoms with van der Waals surface area (Å²) in [5, 5.41) is 11.4. The lowest BCUT2D eigenvalue weighted by molar-refractivity contribution is 0.00361. The molecule has 0 aliphatic rings. The van der Waals surface area contributed by atoms with E-state index in [1.54, 1.807) is 7.11 Å². The van der Waals surface area contributed by atoms with E-state index in [0.29, 0.717) is 25.5 Å². The molecule has 0 saturated carbocycles. The van der Waals surface area contributed by atoms with Crippen molar-refractivity contribution in [3.05, 3.63) is 89.9 Å². The van der Waals surface area contributed by atoms with Gasteiger partial charge in [-0.15, -0.1) is 0 Å². The first-order valence-electron chi connectivity index (χ1n) is 11.2. The van der Waals surface area contributed by atoms with Crippen molar-refractivity contribution in [3.63, 3.8) is 0 Å². The monoisotopic (exact) mass is 453 g/mol. The van der Waals surface area contributed by atoms with Gasteiger partial charge in [0.2, 0.25) is 0 Å². The molecular weight excluding hydrogens is 414 g/mol. The molecule has 1 N–H and O–H groups in total. The lowest BCUT2D eigenvalue weighted by Gasteiger charge is -2.40. The number of nitrogens with zero attached hydrogens (tertiary/aromatic N) is 1. The van der Waals surface area contributed by atoms with Crippen LogP contribution in [0.2, 0.25) is 18.1 Å². The quantitative estimate of drug-likeness (QED) is 0.267. The number of aliphatic hydroxyl groups excluding tert-OH is 1. The molecule has 0 fully saturated rings. The Morgan fingerprint density at radius 2 is 1.47 bits per heavy atom. The predicted octanol–water partition coefficient (Wildman–Crippen LogP) is 5.76. The van der Waals surface area contributed by atoms with Crippen molar-refractivity contribution in [1.82, 2.24) is 4.90 Å². The third-order valence-corrected chi connectivity index (χ3v) is 10.9. The maximum atomic E-state index is 11.3. The van der Waals surface area contributed by atoms with Crippen LogP contribution in [0.4, 0.5) is 0 Å².